The molecule has 0 bridgehead atoms. The van der Waals surface area contributed by atoms with Gasteiger partial charge in [0.05, 0.1) is 19.0 Å². The summed E-state index contributed by atoms with van der Waals surface area (Å²) in [5.74, 6) is 0.606. The highest BCUT2D eigenvalue weighted by molar-refractivity contribution is 9.10. The highest BCUT2D eigenvalue weighted by Crippen LogP contribution is 2.29. The molecular formula is C12H15BrN2O2S. The molecule has 0 aliphatic carbocycles. The molecule has 0 saturated carbocycles. The van der Waals surface area contributed by atoms with E-state index in [0.717, 1.165) is 9.37 Å². The zero-order valence-corrected chi connectivity index (χ0v) is 12.3. The molecule has 0 spiro atoms. The van der Waals surface area contributed by atoms with E-state index in [1.54, 1.807) is 0 Å². The van der Waals surface area contributed by atoms with Gasteiger partial charge in [-0.15, -0.1) is 11.8 Å². The van der Waals surface area contributed by atoms with Crippen LogP contribution in [-0.2, 0) is 9.53 Å². The molecule has 2 rings (SSSR count). The quantitative estimate of drug-likeness (QED) is 0.680. The summed E-state index contributed by atoms with van der Waals surface area (Å²) in [6.07, 6.45) is 0. The van der Waals surface area contributed by atoms with E-state index >= 15 is 0 Å². The van der Waals surface area contributed by atoms with E-state index in [0.29, 0.717) is 37.7 Å². The van der Waals surface area contributed by atoms with Crippen molar-refractivity contribution in [2.75, 3.05) is 37.8 Å². The Morgan fingerprint density at radius 3 is 2.83 bits per heavy atom. The Hall–Kier alpha value is -0.720. The van der Waals surface area contributed by atoms with Gasteiger partial charge in [-0.3, -0.25) is 4.79 Å². The van der Waals surface area contributed by atoms with Crippen molar-refractivity contribution in [1.29, 1.82) is 0 Å². The third kappa shape index (κ3) is 3.63. The van der Waals surface area contributed by atoms with Gasteiger partial charge in [-0.05, 0) is 34.1 Å². The number of morpholine rings is 1. The number of ether oxygens (including phenoxy) is 1. The fourth-order valence-corrected chi connectivity index (χ4v) is 3.24. The van der Waals surface area contributed by atoms with Crippen LogP contribution in [0.3, 0.4) is 0 Å². The number of amides is 1. The lowest BCUT2D eigenvalue weighted by atomic mass is 10.3. The number of nitrogens with two attached hydrogens (primary N) is 1. The Balaban J connectivity index is 1.88. The molecule has 4 nitrogen and oxygen atoms in total. The molecule has 2 N–H and O–H groups in total. The SMILES string of the molecule is Nc1ccc(SCC(=O)N2CCOCC2)c(Br)c1. The Morgan fingerprint density at radius 1 is 1.44 bits per heavy atom. The number of thioether (sulfide) groups is 1. The zero-order chi connectivity index (χ0) is 13.0. The molecule has 0 atom stereocenters. The van der Waals surface area contributed by atoms with E-state index in [1.807, 2.05) is 23.1 Å². The molecule has 0 radical (unpaired) electrons. The molecule has 1 aromatic carbocycles. The summed E-state index contributed by atoms with van der Waals surface area (Å²) in [6.45, 7) is 2.68. The molecule has 0 aromatic heterocycles. The molecule has 6 heteroatoms. The van der Waals surface area contributed by atoms with Crippen LogP contribution >= 0.6 is 27.7 Å². The third-order valence-electron chi connectivity index (χ3n) is 2.67. The van der Waals surface area contributed by atoms with E-state index < -0.39 is 0 Å². The second kappa shape index (κ2) is 6.45. The fraction of sp³-hybridized carbons (Fsp3) is 0.417. The van der Waals surface area contributed by atoms with Crippen molar-refractivity contribution in [3.8, 4) is 0 Å². The fourth-order valence-electron chi connectivity index (χ4n) is 1.68. The van der Waals surface area contributed by atoms with Crippen molar-refractivity contribution < 1.29 is 9.53 Å². The number of halogens is 1. The number of hydrogen-bond acceptors (Lipinski definition) is 4. The van der Waals surface area contributed by atoms with Gasteiger partial charge in [0.2, 0.25) is 5.91 Å². The molecule has 1 saturated heterocycles. The Kier molecular flexibility index (Phi) is 4.91. The number of carbonyl (C=O) groups is 1. The molecule has 1 aliphatic rings. The molecule has 18 heavy (non-hydrogen) atoms. The van der Waals surface area contributed by atoms with Gasteiger partial charge in [-0.2, -0.15) is 0 Å². The third-order valence-corrected chi connectivity index (χ3v) is 4.65. The summed E-state index contributed by atoms with van der Waals surface area (Å²) < 4.78 is 6.16. The maximum atomic E-state index is 12.0. The van der Waals surface area contributed by atoms with Gasteiger partial charge >= 0.3 is 0 Å². The van der Waals surface area contributed by atoms with E-state index in [1.165, 1.54) is 11.8 Å². The molecule has 0 unspecified atom stereocenters. The van der Waals surface area contributed by atoms with E-state index in [-0.39, 0.29) is 5.91 Å². The summed E-state index contributed by atoms with van der Waals surface area (Å²) in [5.41, 5.74) is 6.39. The Labute approximate surface area is 119 Å². The lowest BCUT2D eigenvalue weighted by molar-refractivity contribution is -0.132. The van der Waals surface area contributed by atoms with Crippen LogP contribution in [-0.4, -0.2) is 42.9 Å². The standard InChI is InChI=1S/C12H15BrN2O2S/c13-10-7-9(14)1-2-11(10)18-8-12(16)15-3-5-17-6-4-15/h1-2,7H,3-6,8,14H2. The topological polar surface area (TPSA) is 55.6 Å². The Bertz CT molecular complexity index is 436. The second-order valence-corrected chi connectivity index (χ2v) is 5.84. The van der Waals surface area contributed by atoms with Crippen molar-refractivity contribution in [3.05, 3.63) is 22.7 Å². The minimum Gasteiger partial charge on any atom is -0.399 e. The van der Waals surface area contributed by atoms with Crippen LogP contribution in [0.4, 0.5) is 5.69 Å². The van der Waals surface area contributed by atoms with Crippen molar-refractivity contribution in [1.82, 2.24) is 4.90 Å². The average Bonchev–Trinajstić information content (AvgIpc) is 2.38. The summed E-state index contributed by atoms with van der Waals surface area (Å²) in [7, 11) is 0. The highest BCUT2D eigenvalue weighted by atomic mass is 79.9. The van der Waals surface area contributed by atoms with Crippen molar-refractivity contribution in [3.63, 3.8) is 0 Å². The number of rotatable bonds is 3. The second-order valence-electron chi connectivity index (χ2n) is 3.97. The van der Waals surface area contributed by atoms with Gasteiger partial charge in [0.25, 0.3) is 0 Å². The van der Waals surface area contributed by atoms with E-state index in [9.17, 15) is 4.79 Å². The molecule has 1 aromatic rings. The van der Waals surface area contributed by atoms with Gasteiger partial charge in [0.1, 0.15) is 0 Å². The summed E-state index contributed by atoms with van der Waals surface area (Å²) in [5, 5.41) is 0. The van der Waals surface area contributed by atoms with Gasteiger partial charge < -0.3 is 15.4 Å². The molecule has 1 aliphatic heterocycles. The van der Waals surface area contributed by atoms with Crippen LogP contribution in [0.15, 0.2) is 27.6 Å². The smallest absolute Gasteiger partial charge is 0.233 e. The van der Waals surface area contributed by atoms with Crippen molar-refractivity contribution in [2.24, 2.45) is 0 Å². The van der Waals surface area contributed by atoms with Crippen LogP contribution in [0.1, 0.15) is 0 Å². The molecule has 98 valence electrons. The Morgan fingerprint density at radius 2 is 2.17 bits per heavy atom. The molecule has 1 heterocycles. The van der Waals surface area contributed by atoms with E-state index in [2.05, 4.69) is 15.9 Å². The normalized spacial score (nSPS) is 15.7. The zero-order valence-electron chi connectivity index (χ0n) is 9.89. The number of nitrogen functional groups attached to an aromatic ring is 1. The molecular weight excluding hydrogens is 316 g/mol. The van der Waals surface area contributed by atoms with Crippen molar-refractivity contribution >= 4 is 39.3 Å². The monoisotopic (exact) mass is 330 g/mol. The van der Waals surface area contributed by atoms with Crippen molar-refractivity contribution in [2.45, 2.75) is 4.90 Å². The summed E-state index contributed by atoms with van der Waals surface area (Å²) >= 11 is 4.97. The van der Waals surface area contributed by atoms with E-state index in [4.69, 9.17) is 10.5 Å². The predicted octanol–water partition coefficient (Wildman–Crippen LogP) is 1.98. The van der Waals surface area contributed by atoms with Gasteiger partial charge in [-0.1, -0.05) is 0 Å². The first-order valence-electron chi connectivity index (χ1n) is 5.70. The maximum absolute atomic E-state index is 12.0. The number of benzene rings is 1. The maximum Gasteiger partial charge on any atom is 0.233 e. The first-order chi connectivity index (χ1) is 8.66. The van der Waals surface area contributed by atoms with Crippen LogP contribution in [0.25, 0.3) is 0 Å². The first kappa shape index (κ1) is 13.7. The first-order valence-corrected chi connectivity index (χ1v) is 7.48. The number of carbonyl (C=O) groups excluding carboxylic acids is 1. The summed E-state index contributed by atoms with van der Waals surface area (Å²) in [6, 6.07) is 5.62. The van der Waals surface area contributed by atoms with Crippen LogP contribution in [0.5, 0.6) is 0 Å². The average molecular weight is 331 g/mol. The van der Waals surface area contributed by atoms with Crippen LogP contribution in [0, 0.1) is 0 Å². The lowest BCUT2D eigenvalue weighted by Gasteiger charge is -2.26. The summed E-state index contributed by atoms with van der Waals surface area (Å²) in [4.78, 5) is 14.8. The minimum atomic E-state index is 0.159. The number of nitrogens with zero attached hydrogens (tertiary/aromatic N) is 1. The van der Waals surface area contributed by atoms with Gasteiger partial charge in [0, 0.05) is 28.1 Å². The minimum absolute atomic E-state index is 0.159. The molecule has 1 amide bonds. The number of hydrogen-bond donors (Lipinski definition) is 1. The van der Waals surface area contributed by atoms with Crippen LogP contribution < -0.4 is 5.73 Å². The largest absolute Gasteiger partial charge is 0.399 e. The van der Waals surface area contributed by atoms with Gasteiger partial charge in [0.15, 0.2) is 0 Å². The predicted molar refractivity (Wildman–Crippen MR) is 76.7 cm³/mol. The number of anilines is 1. The lowest BCUT2D eigenvalue weighted by Crippen LogP contribution is -2.41. The molecule has 1 fully saturated rings. The highest BCUT2D eigenvalue weighted by Gasteiger charge is 2.17. The van der Waals surface area contributed by atoms with Gasteiger partial charge in [-0.25, -0.2) is 0 Å². The van der Waals surface area contributed by atoms with Crippen LogP contribution in [0.2, 0.25) is 0 Å².